The van der Waals surface area contributed by atoms with Crippen molar-refractivity contribution in [2.45, 2.75) is 58.9 Å². The Bertz CT molecular complexity index is 1530. The molecule has 2 aromatic carbocycles. The molecule has 1 aliphatic rings. The minimum Gasteiger partial charge on any atom is -0.490 e. The first-order valence-corrected chi connectivity index (χ1v) is 13.9. The number of unbranched alkanes of at least 4 members (excludes halogenated alkanes) is 2. The van der Waals surface area contributed by atoms with Gasteiger partial charge in [0.2, 0.25) is 10.9 Å². The van der Waals surface area contributed by atoms with Gasteiger partial charge in [0, 0.05) is 5.92 Å². The SMILES string of the molecule is CCCCCOc1ccc([C@@H]2c3c(oc4ccccc4c3=O)C(=O)N2c2nnc(C(C)C)s2)cc1OCC. The van der Waals surface area contributed by atoms with E-state index in [0.717, 1.165) is 24.3 Å². The molecule has 5 rings (SSSR count). The van der Waals surface area contributed by atoms with E-state index in [-0.39, 0.29) is 22.7 Å². The molecule has 3 heterocycles. The van der Waals surface area contributed by atoms with Crippen molar-refractivity contribution in [3.05, 3.63) is 74.6 Å². The fraction of sp³-hybridized carbons (Fsp3) is 0.379. The van der Waals surface area contributed by atoms with Gasteiger partial charge < -0.3 is 13.9 Å². The van der Waals surface area contributed by atoms with Crippen LogP contribution in [0.4, 0.5) is 5.13 Å². The quantitative estimate of drug-likeness (QED) is 0.215. The number of aromatic nitrogens is 2. The molecule has 2 aromatic heterocycles. The Balaban J connectivity index is 1.66. The van der Waals surface area contributed by atoms with Gasteiger partial charge in [-0.1, -0.05) is 63.1 Å². The average Bonchev–Trinajstić information content (AvgIpc) is 3.51. The van der Waals surface area contributed by atoms with Crippen molar-refractivity contribution in [3.8, 4) is 11.5 Å². The molecule has 1 aliphatic heterocycles. The summed E-state index contributed by atoms with van der Waals surface area (Å²) in [5.74, 6) is 0.949. The molecule has 9 heteroatoms. The van der Waals surface area contributed by atoms with E-state index in [9.17, 15) is 9.59 Å². The molecular weight excluding hydrogens is 502 g/mol. The van der Waals surface area contributed by atoms with Crippen LogP contribution < -0.4 is 19.8 Å². The first-order valence-electron chi connectivity index (χ1n) is 13.1. The van der Waals surface area contributed by atoms with E-state index in [1.165, 1.54) is 16.2 Å². The molecule has 0 radical (unpaired) electrons. The van der Waals surface area contributed by atoms with Crippen molar-refractivity contribution < 1.29 is 18.7 Å². The van der Waals surface area contributed by atoms with Gasteiger partial charge in [0.15, 0.2) is 16.9 Å². The molecule has 4 aromatic rings. The number of para-hydroxylation sites is 1. The fourth-order valence-electron chi connectivity index (χ4n) is 4.61. The molecule has 198 valence electrons. The standard InChI is InChI=1S/C29H31N3O5S/c1-5-7-10-15-36-21-14-13-18(16-22(21)35-6-2)24-23-25(33)19-11-8-9-12-20(19)37-26(23)28(34)32(24)29-31-30-27(38-29)17(3)4/h8-9,11-14,16-17,24H,5-7,10,15H2,1-4H3/t24-/m1/s1. The molecule has 38 heavy (non-hydrogen) atoms. The second-order valence-electron chi connectivity index (χ2n) is 9.52. The topological polar surface area (TPSA) is 94.8 Å². The van der Waals surface area contributed by atoms with Gasteiger partial charge in [0.1, 0.15) is 10.6 Å². The molecular formula is C29H31N3O5S. The van der Waals surface area contributed by atoms with Crippen LogP contribution in [-0.2, 0) is 0 Å². The molecule has 0 unspecified atom stereocenters. The summed E-state index contributed by atoms with van der Waals surface area (Å²) >= 11 is 1.34. The molecule has 1 amide bonds. The van der Waals surface area contributed by atoms with E-state index in [1.807, 2.05) is 39.0 Å². The van der Waals surface area contributed by atoms with Gasteiger partial charge in [-0.3, -0.25) is 14.5 Å². The molecule has 0 fully saturated rings. The Labute approximate surface area is 225 Å². The van der Waals surface area contributed by atoms with Crippen LogP contribution in [0.2, 0.25) is 0 Å². The molecule has 8 nitrogen and oxygen atoms in total. The molecule has 0 saturated heterocycles. The number of carbonyl (C=O) groups excluding carboxylic acids is 1. The number of carbonyl (C=O) groups is 1. The van der Waals surface area contributed by atoms with Gasteiger partial charge in [-0.05, 0) is 43.2 Å². The Morgan fingerprint density at radius 3 is 2.58 bits per heavy atom. The van der Waals surface area contributed by atoms with Crippen molar-refractivity contribution in [1.29, 1.82) is 0 Å². The average molecular weight is 534 g/mol. The monoisotopic (exact) mass is 533 g/mol. The first kappa shape index (κ1) is 25.9. The van der Waals surface area contributed by atoms with Gasteiger partial charge in [-0.2, -0.15) is 0 Å². The summed E-state index contributed by atoms with van der Waals surface area (Å²) in [7, 11) is 0. The number of hydrogen-bond donors (Lipinski definition) is 0. The van der Waals surface area contributed by atoms with Gasteiger partial charge in [-0.25, -0.2) is 0 Å². The molecule has 0 N–H and O–H groups in total. The minimum absolute atomic E-state index is 0.0258. The van der Waals surface area contributed by atoms with E-state index < -0.39 is 11.9 Å². The first-order chi connectivity index (χ1) is 18.4. The Morgan fingerprint density at radius 1 is 1.03 bits per heavy atom. The molecule has 0 saturated carbocycles. The van der Waals surface area contributed by atoms with E-state index >= 15 is 0 Å². The van der Waals surface area contributed by atoms with Crippen molar-refractivity contribution >= 4 is 33.3 Å². The van der Waals surface area contributed by atoms with Crippen molar-refractivity contribution in [2.75, 3.05) is 18.1 Å². The van der Waals surface area contributed by atoms with E-state index in [0.29, 0.717) is 46.4 Å². The third-order valence-electron chi connectivity index (χ3n) is 6.50. The van der Waals surface area contributed by atoms with Gasteiger partial charge in [-0.15, -0.1) is 10.2 Å². The summed E-state index contributed by atoms with van der Waals surface area (Å²) in [6.07, 6.45) is 3.14. The highest BCUT2D eigenvalue weighted by molar-refractivity contribution is 7.15. The number of fused-ring (bicyclic) bond motifs is 2. The van der Waals surface area contributed by atoms with Crippen LogP contribution in [-0.4, -0.2) is 29.3 Å². The Morgan fingerprint density at radius 2 is 1.84 bits per heavy atom. The predicted octanol–water partition coefficient (Wildman–Crippen LogP) is 6.49. The fourth-order valence-corrected chi connectivity index (χ4v) is 5.48. The third-order valence-corrected chi connectivity index (χ3v) is 7.72. The zero-order valence-electron chi connectivity index (χ0n) is 22.0. The van der Waals surface area contributed by atoms with Gasteiger partial charge >= 0.3 is 0 Å². The van der Waals surface area contributed by atoms with E-state index in [2.05, 4.69) is 17.1 Å². The van der Waals surface area contributed by atoms with Crippen LogP contribution in [0, 0.1) is 0 Å². The number of anilines is 1. The zero-order chi connectivity index (χ0) is 26.8. The summed E-state index contributed by atoms with van der Waals surface area (Å²) in [5, 5.41) is 10.3. The largest absolute Gasteiger partial charge is 0.490 e. The molecule has 1 atom stereocenters. The summed E-state index contributed by atoms with van der Waals surface area (Å²) in [4.78, 5) is 29.1. The molecule has 0 bridgehead atoms. The maximum Gasteiger partial charge on any atom is 0.297 e. The summed E-state index contributed by atoms with van der Waals surface area (Å²) < 4.78 is 18.0. The second kappa shape index (κ2) is 10.9. The van der Waals surface area contributed by atoms with E-state index in [1.54, 1.807) is 24.3 Å². The lowest BCUT2D eigenvalue weighted by Gasteiger charge is -2.23. The van der Waals surface area contributed by atoms with Crippen LogP contribution in [0.3, 0.4) is 0 Å². The van der Waals surface area contributed by atoms with E-state index in [4.69, 9.17) is 13.9 Å². The van der Waals surface area contributed by atoms with Crippen molar-refractivity contribution in [1.82, 2.24) is 10.2 Å². The van der Waals surface area contributed by atoms with Crippen molar-refractivity contribution in [3.63, 3.8) is 0 Å². The second-order valence-corrected chi connectivity index (χ2v) is 10.5. The maximum atomic E-state index is 13.8. The lowest BCUT2D eigenvalue weighted by molar-refractivity contribution is 0.0970. The van der Waals surface area contributed by atoms with Crippen LogP contribution in [0.5, 0.6) is 11.5 Å². The highest BCUT2D eigenvalue weighted by Gasteiger charge is 2.45. The zero-order valence-corrected chi connectivity index (χ0v) is 22.8. The number of rotatable bonds is 10. The van der Waals surface area contributed by atoms with Crippen LogP contribution in [0.15, 0.2) is 51.7 Å². The smallest absolute Gasteiger partial charge is 0.297 e. The van der Waals surface area contributed by atoms with Crippen LogP contribution >= 0.6 is 11.3 Å². The lowest BCUT2D eigenvalue weighted by Crippen LogP contribution is -2.29. The number of hydrogen-bond acceptors (Lipinski definition) is 8. The highest BCUT2D eigenvalue weighted by atomic mass is 32.1. The Kier molecular flexibility index (Phi) is 7.46. The summed E-state index contributed by atoms with van der Waals surface area (Å²) in [6, 6.07) is 11.8. The van der Waals surface area contributed by atoms with Crippen molar-refractivity contribution in [2.24, 2.45) is 0 Å². The van der Waals surface area contributed by atoms with Gasteiger partial charge in [0.25, 0.3) is 5.91 Å². The summed E-state index contributed by atoms with van der Waals surface area (Å²) in [6.45, 7) is 9.13. The number of ether oxygens (including phenoxy) is 2. The number of amides is 1. The van der Waals surface area contributed by atoms with Gasteiger partial charge in [0.05, 0.1) is 30.2 Å². The lowest BCUT2D eigenvalue weighted by atomic mass is 9.98. The highest BCUT2D eigenvalue weighted by Crippen LogP contribution is 2.44. The maximum absolute atomic E-state index is 13.8. The third kappa shape index (κ3) is 4.67. The number of benzene rings is 2. The van der Waals surface area contributed by atoms with Crippen LogP contribution in [0.25, 0.3) is 11.0 Å². The Hall–Kier alpha value is -3.72. The summed E-state index contributed by atoms with van der Waals surface area (Å²) in [5.41, 5.74) is 1.12. The normalized spacial score (nSPS) is 14.9. The minimum atomic E-state index is -0.750. The number of nitrogens with zero attached hydrogens (tertiary/aromatic N) is 3. The molecule has 0 aliphatic carbocycles. The van der Waals surface area contributed by atoms with Crippen LogP contribution in [0.1, 0.15) is 85.6 Å². The predicted molar refractivity (Wildman–Crippen MR) is 148 cm³/mol. The molecule has 0 spiro atoms.